The third kappa shape index (κ3) is 3.95. The zero-order chi connectivity index (χ0) is 19.6. The molecule has 1 atom stereocenters. The van der Waals surface area contributed by atoms with Gasteiger partial charge < -0.3 is 15.0 Å². The molecule has 140 valence electrons. The molecule has 3 rings (SSSR count). The van der Waals surface area contributed by atoms with Crippen molar-refractivity contribution >= 4 is 40.8 Å². The van der Waals surface area contributed by atoms with Crippen LogP contribution in [0.25, 0.3) is 0 Å². The Morgan fingerprint density at radius 3 is 2.56 bits per heavy atom. The molecule has 1 aliphatic heterocycles. The van der Waals surface area contributed by atoms with E-state index in [4.69, 9.17) is 11.6 Å². The first-order valence-corrected chi connectivity index (χ1v) is 8.83. The summed E-state index contributed by atoms with van der Waals surface area (Å²) in [4.78, 5) is 38.0. The maximum absolute atomic E-state index is 12.6. The highest BCUT2D eigenvalue weighted by Crippen LogP contribution is 2.28. The van der Waals surface area contributed by atoms with Gasteiger partial charge in [0.15, 0.2) is 0 Å². The second kappa shape index (κ2) is 7.80. The van der Waals surface area contributed by atoms with Crippen LogP contribution in [0.15, 0.2) is 42.5 Å². The molecule has 1 N–H and O–H groups in total. The van der Waals surface area contributed by atoms with Crippen molar-refractivity contribution in [3.05, 3.63) is 58.6 Å². The zero-order valence-corrected chi connectivity index (χ0v) is 15.7. The molecule has 1 unspecified atom stereocenters. The van der Waals surface area contributed by atoms with E-state index >= 15 is 0 Å². The average molecular weight is 387 g/mol. The lowest BCUT2D eigenvalue weighted by atomic mass is 10.1. The first-order chi connectivity index (χ1) is 12.9. The fourth-order valence-electron chi connectivity index (χ4n) is 3.01. The third-order valence-electron chi connectivity index (χ3n) is 4.62. The van der Waals surface area contributed by atoms with Crippen molar-refractivity contribution in [3.63, 3.8) is 0 Å². The Morgan fingerprint density at radius 2 is 1.89 bits per heavy atom. The Bertz CT molecular complexity index is 895. The van der Waals surface area contributed by atoms with Crippen molar-refractivity contribution in [1.29, 1.82) is 0 Å². The molecule has 0 bridgehead atoms. The fraction of sp³-hybridized carbons (Fsp3) is 0.250. The molecular weight excluding hydrogens is 368 g/mol. The van der Waals surface area contributed by atoms with E-state index in [1.165, 1.54) is 7.11 Å². The predicted octanol–water partition coefficient (Wildman–Crippen LogP) is 3.43. The molecule has 0 aliphatic carbocycles. The van der Waals surface area contributed by atoms with E-state index in [9.17, 15) is 14.4 Å². The minimum atomic E-state index is -0.462. The molecule has 7 heteroatoms. The summed E-state index contributed by atoms with van der Waals surface area (Å²) in [5.74, 6) is -1.26. The van der Waals surface area contributed by atoms with Gasteiger partial charge in [-0.2, -0.15) is 0 Å². The molecule has 2 aromatic rings. The monoisotopic (exact) mass is 386 g/mol. The number of hydrogen-bond acceptors (Lipinski definition) is 4. The van der Waals surface area contributed by atoms with Gasteiger partial charge in [0.25, 0.3) is 0 Å². The summed E-state index contributed by atoms with van der Waals surface area (Å²) in [5, 5.41) is 3.43. The average Bonchev–Trinajstić information content (AvgIpc) is 3.07. The lowest BCUT2D eigenvalue weighted by molar-refractivity contribution is -0.122. The maximum Gasteiger partial charge on any atom is 0.337 e. The van der Waals surface area contributed by atoms with Crippen molar-refractivity contribution < 1.29 is 19.1 Å². The summed E-state index contributed by atoms with van der Waals surface area (Å²) >= 11 is 6.08. The molecule has 1 fully saturated rings. The van der Waals surface area contributed by atoms with Crippen LogP contribution in [0.1, 0.15) is 22.3 Å². The van der Waals surface area contributed by atoms with Gasteiger partial charge in [0.1, 0.15) is 0 Å². The summed E-state index contributed by atoms with van der Waals surface area (Å²) in [6.07, 6.45) is 0.129. The summed E-state index contributed by atoms with van der Waals surface area (Å²) < 4.78 is 4.66. The van der Waals surface area contributed by atoms with E-state index < -0.39 is 11.9 Å². The number of esters is 1. The second-order valence-electron chi connectivity index (χ2n) is 6.35. The summed E-state index contributed by atoms with van der Waals surface area (Å²) in [5.41, 5.74) is 2.47. The molecule has 0 saturated carbocycles. The third-order valence-corrected chi connectivity index (χ3v) is 5.03. The minimum Gasteiger partial charge on any atom is -0.465 e. The number of halogens is 1. The quantitative estimate of drug-likeness (QED) is 0.817. The van der Waals surface area contributed by atoms with Crippen LogP contribution >= 0.6 is 11.6 Å². The smallest absolute Gasteiger partial charge is 0.337 e. The molecule has 1 heterocycles. The SMILES string of the molecule is COC(=O)c1ccc(N2CC(C(=O)Nc3cccc(Cl)c3C)CC2=O)cc1. The number of nitrogens with one attached hydrogen (secondary N) is 1. The van der Waals surface area contributed by atoms with E-state index in [2.05, 4.69) is 10.1 Å². The molecule has 0 radical (unpaired) electrons. The highest BCUT2D eigenvalue weighted by Gasteiger charge is 2.35. The van der Waals surface area contributed by atoms with Gasteiger partial charge in [0.2, 0.25) is 11.8 Å². The number of nitrogens with zero attached hydrogens (tertiary/aromatic N) is 1. The van der Waals surface area contributed by atoms with Crippen LogP contribution in [-0.4, -0.2) is 31.4 Å². The Morgan fingerprint density at radius 1 is 1.19 bits per heavy atom. The van der Waals surface area contributed by atoms with Gasteiger partial charge in [-0.1, -0.05) is 17.7 Å². The molecule has 2 amide bonds. The topological polar surface area (TPSA) is 75.7 Å². The van der Waals surface area contributed by atoms with Crippen molar-refractivity contribution in [2.45, 2.75) is 13.3 Å². The molecule has 6 nitrogen and oxygen atoms in total. The number of rotatable bonds is 4. The highest BCUT2D eigenvalue weighted by molar-refractivity contribution is 6.31. The Labute approximate surface area is 162 Å². The first-order valence-electron chi connectivity index (χ1n) is 8.45. The Balaban J connectivity index is 1.70. The number of methoxy groups -OCH3 is 1. The molecule has 1 aliphatic rings. The number of anilines is 2. The Kier molecular flexibility index (Phi) is 5.46. The highest BCUT2D eigenvalue weighted by atomic mass is 35.5. The number of amides is 2. The number of hydrogen-bond donors (Lipinski definition) is 1. The van der Waals surface area contributed by atoms with Crippen molar-refractivity contribution in [2.75, 3.05) is 23.9 Å². The van der Waals surface area contributed by atoms with Gasteiger partial charge in [-0.15, -0.1) is 0 Å². The molecular formula is C20H19ClN2O4. The van der Waals surface area contributed by atoms with Crippen LogP contribution in [0.4, 0.5) is 11.4 Å². The molecule has 0 spiro atoms. The van der Waals surface area contributed by atoms with E-state index in [1.54, 1.807) is 47.4 Å². The summed E-state index contributed by atoms with van der Waals surface area (Å²) in [6, 6.07) is 11.8. The fourth-order valence-corrected chi connectivity index (χ4v) is 3.18. The van der Waals surface area contributed by atoms with E-state index in [1.807, 2.05) is 6.92 Å². The van der Waals surface area contributed by atoms with E-state index in [0.29, 0.717) is 22.0 Å². The maximum atomic E-state index is 12.6. The number of carbonyl (C=O) groups excluding carboxylic acids is 3. The summed E-state index contributed by atoms with van der Waals surface area (Å²) in [6.45, 7) is 2.11. The lowest BCUT2D eigenvalue weighted by Gasteiger charge is -2.17. The summed E-state index contributed by atoms with van der Waals surface area (Å²) in [7, 11) is 1.31. The van der Waals surface area contributed by atoms with Crippen molar-refractivity contribution in [3.8, 4) is 0 Å². The van der Waals surface area contributed by atoms with Gasteiger partial charge in [0.05, 0.1) is 18.6 Å². The van der Waals surface area contributed by atoms with E-state index in [0.717, 1.165) is 5.56 Å². The van der Waals surface area contributed by atoms with Crippen LogP contribution in [0.2, 0.25) is 5.02 Å². The molecule has 27 heavy (non-hydrogen) atoms. The molecule has 2 aromatic carbocycles. The number of ether oxygens (including phenoxy) is 1. The first kappa shape index (κ1) is 18.9. The van der Waals surface area contributed by atoms with Gasteiger partial charge in [-0.25, -0.2) is 4.79 Å². The van der Waals surface area contributed by atoms with Gasteiger partial charge >= 0.3 is 5.97 Å². The van der Waals surface area contributed by atoms with Crippen LogP contribution in [0.5, 0.6) is 0 Å². The second-order valence-corrected chi connectivity index (χ2v) is 6.75. The van der Waals surface area contributed by atoms with E-state index in [-0.39, 0.29) is 24.8 Å². The largest absolute Gasteiger partial charge is 0.465 e. The number of benzene rings is 2. The zero-order valence-electron chi connectivity index (χ0n) is 15.0. The standard InChI is InChI=1S/C20H19ClN2O4/c1-12-16(21)4-3-5-17(12)22-19(25)14-10-18(24)23(11-14)15-8-6-13(7-9-15)20(26)27-2/h3-9,14H,10-11H2,1-2H3,(H,22,25). The van der Waals surface area contributed by atoms with Gasteiger partial charge in [-0.3, -0.25) is 9.59 Å². The van der Waals surface area contributed by atoms with Crippen LogP contribution in [0.3, 0.4) is 0 Å². The van der Waals surface area contributed by atoms with Crippen molar-refractivity contribution in [1.82, 2.24) is 0 Å². The van der Waals surface area contributed by atoms with Crippen LogP contribution < -0.4 is 10.2 Å². The van der Waals surface area contributed by atoms with Gasteiger partial charge in [-0.05, 0) is 48.9 Å². The minimum absolute atomic E-state index is 0.129. The van der Waals surface area contributed by atoms with Crippen LogP contribution in [-0.2, 0) is 14.3 Å². The lowest BCUT2D eigenvalue weighted by Crippen LogP contribution is -2.28. The van der Waals surface area contributed by atoms with Gasteiger partial charge in [0, 0.05) is 29.4 Å². The van der Waals surface area contributed by atoms with Crippen molar-refractivity contribution in [2.24, 2.45) is 5.92 Å². The van der Waals surface area contributed by atoms with Crippen LogP contribution in [0, 0.1) is 12.8 Å². The number of carbonyl (C=O) groups is 3. The predicted molar refractivity (Wildman–Crippen MR) is 103 cm³/mol. The molecule has 0 aromatic heterocycles. The molecule has 1 saturated heterocycles. The normalized spacial score (nSPS) is 16.3. The Hall–Kier alpha value is -2.86.